The second kappa shape index (κ2) is 6.36. The van der Waals surface area contributed by atoms with E-state index in [1.165, 1.54) is 6.07 Å². The minimum Gasteiger partial charge on any atom is -0.384 e. The predicted octanol–water partition coefficient (Wildman–Crippen LogP) is 0.827. The number of nitrogens with zero attached hydrogens (tertiary/aromatic N) is 1. The predicted molar refractivity (Wildman–Crippen MR) is 78.4 cm³/mol. The Balaban J connectivity index is 2.78. The van der Waals surface area contributed by atoms with E-state index in [2.05, 4.69) is 15.6 Å². The number of nitrogens with one attached hydrogen (secondary N) is 2. The first-order valence-corrected chi connectivity index (χ1v) is 6.51. The van der Waals surface area contributed by atoms with Gasteiger partial charge in [-0.25, -0.2) is 4.98 Å². The topological polar surface area (TPSA) is 97.1 Å². The van der Waals surface area contributed by atoms with E-state index in [4.69, 9.17) is 5.73 Å². The van der Waals surface area contributed by atoms with Crippen molar-refractivity contribution in [2.45, 2.75) is 32.6 Å². The number of hydrogen-bond donors (Lipinski definition) is 3. The SMILES string of the molecule is CNC(=O)CCNC(=O)c1cc(N)nc(C(C)(C)C)c1. The van der Waals surface area contributed by atoms with E-state index in [1.54, 1.807) is 13.1 Å². The molecule has 20 heavy (non-hydrogen) atoms. The Bertz CT molecular complexity index is 506. The van der Waals surface area contributed by atoms with E-state index in [0.29, 0.717) is 11.4 Å². The van der Waals surface area contributed by atoms with Crippen molar-refractivity contribution in [1.82, 2.24) is 15.6 Å². The highest BCUT2D eigenvalue weighted by Crippen LogP contribution is 2.22. The molecule has 1 heterocycles. The smallest absolute Gasteiger partial charge is 0.251 e. The molecule has 0 fully saturated rings. The van der Waals surface area contributed by atoms with Crippen molar-refractivity contribution >= 4 is 17.6 Å². The molecule has 6 heteroatoms. The molecule has 0 aromatic carbocycles. The third-order valence-electron chi connectivity index (χ3n) is 2.79. The van der Waals surface area contributed by atoms with E-state index in [9.17, 15) is 9.59 Å². The summed E-state index contributed by atoms with van der Waals surface area (Å²) in [4.78, 5) is 27.3. The van der Waals surface area contributed by atoms with Crippen LogP contribution in [-0.4, -0.2) is 30.4 Å². The summed E-state index contributed by atoms with van der Waals surface area (Å²) in [5.74, 6) is -0.0581. The maximum atomic E-state index is 12.0. The molecule has 0 aliphatic carbocycles. The Kier molecular flexibility index (Phi) is 5.07. The van der Waals surface area contributed by atoms with Gasteiger partial charge in [-0.3, -0.25) is 9.59 Å². The fraction of sp³-hybridized carbons (Fsp3) is 0.500. The van der Waals surface area contributed by atoms with E-state index in [0.717, 1.165) is 5.69 Å². The van der Waals surface area contributed by atoms with Gasteiger partial charge in [0.25, 0.3) is 5.91 Å². The van der Waals surface area contributed by atoms with Gasteiger partial charge in [0.1, 0.15) is 5.82 Å². The maximum absolute atomic E-state index is 12.0. The Morgan fingerprint density at radius 3 is 2.50 bits per heavy atom. The molecule has 1 rings (SSSR count). The van der Waals surface area contributed by atoms with Crippen molar-refractivity contribution in [3.63, 3.8) is 0 Å². The highest BCUT2D eigenvalue weighted by Gasteiger charge is 2.18. The average molecular weight is 278 g/mol. The molecule has 0 bridgehead atoms. The molecule has 0 spiro atoms. The Morgan fingerprint density at radius 2 is 1.95 bits per heavy atom. The van der Waals surface area contributed by atoms with Gasteiger partial charge in [0, 0.05) is 36.7 Å². The maximum Gasteiger partial charge on any atom is 0.251 e. The van der Waals surface area contributed by atoms with Gasteiger partial charge in [-0.2, -0.15) is 0 Å². The highest BCUT2D eigenvalue weighted by atomic mass is 16.2. The summed E-state index contributed by atoms with van der Waals surface area (Å²) < 4.78 is 0. The quantitative estimate of drug-likeness (QED) is 0.759. The Labute approximate surface area is 119 Å². The minimum absolute atomic E-state index is 0.116. The first kappa shape index (κ1) is 15.9. The van der Waals surface area contributed by atoms with Crippen LogP contribution in [0.3, 0.4) is 0 Å². The van der Waals surface area contributed by atoms with Gasteiger partial charge in [0.15, 0.2) is 0 Å². The van der Waals surface area contributed by atoms with E-state index in [1.807, 2.05) is 20.8 Å². The molecule has 0 unspecified atom stereocenters. The van der Waals surface area contributed by atoms with E-state index >= 15 is 0 Å². The Morgan fingerprint density at radius 1 is 1.30 bits per heavy atom. The molecule has 1 aromatic heterocycles. The van der Waals surface area contributed by atoms with Crippen LogP contribution in [0.4, 0.5) is 5.82 Å². The summed E-state index contributed by atoms with van der Waals surface area (Å²) >= 11 is 0. The number of nitrogens with two attached hydrogens (primary N) is 1. The van der Waals surface area contributed by atoms with Gasteiger partial charge in [-0.05, 0) is 12.1 Å². The van der Waals surface area contributed by atoms with Gasteiger partial charge in [-0.1, -0.05) is 20.8 Å². The molecule has 2 amide bonds. The average Bonchev–Trinajstić information content (AvgIpc) is 2.36. The first-order valence-electron chi connectivity index (χ1n) is 6.51. The lowest BCUT2D eigenvalue weighted by molar-refractivity contribution is -0.120. The molecule has 4 N–H and O–H groups in total. The zero-order valence-corrected chi connectivity index (χ0v) is 12.4. The molecule has 110 valence electrons. The second-order valence-corrected chi connectivity index (χ2v) is 5.60. The summed E-state index contributed by atoms with van der Waals surface area (Å²) in [7, 11) is 1.56. The lowest BCUT2D eigenvalue weighted by Gasteiger charge is -2.19. The van der Waals surface area contributed by atoms with Gasteiger partial charge < -0.3 is 16.4 Å². The summed E-state index contributed by atoms with van der Waals surface area (Å²) in [6.07, 6.45) is 0.245. The van der Waals surface area contributed by atoms with Crippen molar-refractivity contribution in [3.05, 3.63) is 23.4 Å². The summed E-state index contributed by atoms with van der Waals surface area (Å²) in [5, 5.41) is 5.18. The normalized spacial score (nSPS) is 11.0. The number of pyridine rings is 1. The molecule has 0 saturated heterocycles. The van der Waals surface area contributed by atoms with Gasteiger partial charge in [0.05, 0.1) is 0 Å². The third-order valence-corrected chi connectivity index (χ3v) is 2.79. The second-order valence-electron chi connectivity index (χ2n) is 5.60. The Hall–Kier alpha value is -2.11. The van der Waals surface area contributed by atoms with Crippen LogP contribution in [0.5, 0.6) is 0 Å². The van der Waals surface area contributed by atoms with Crippen LogP contribution in [0.25, 0.3) is 0 Å². The lowest BCUT2D eigenvalue weighted by Crippen LogP contribution is -2.29. The van der Waals surface area contributed by atoms with Crippen LogP contribution in [0.15, 0.2) is 12.1 Å². The van der Waals surface area contributed by atoms with Crippen molar-refractivity contribution in [3.8, 4) is 0 Å². The van der Waals surface area contributed by atoms with Crippen molar-refractivity contribution < 1.29 is 9.59 Å². The number of nitrogen functional groups attached to an aromatic ring is 1. The first-order chi connectivity index (χ1) is 9.24. The fourth-order valence-electron chi connectivity index (χ4n) is 1.58. The largest absolute Gasteiger partial charge is 0.384 e. The number of rotatable bonds is 4. The standard InChI is InChI=1S/C14H22N4O2/c1-14(2,3)10-7-9(8-11(15)18-10)13(20)17-6-5-12(19)16-4/h7-8H,5-6H2,1-4H3,(H2,15,18)(H,16,19)(H,17,20). The van der Waals surface area contributed by atoms with Crippen LogP contribution < -0.4 is 16.4 Å². The molecule has 0 saturated carbocycles. The minimum atomic E-state index is -0.256. The number of amides is 2. The zero-order chi connectivity index (χ0) is 15.3. The van der Waals surface area contributed by atoms with Gasteiger partial charge in [0.2, 0.25) is 5.91 Å². The monoisotopic (exact) mass is 278 g/mol. The third kappa shape index (κ3) is 4.53. The van der Waals surface area contributed by atoms with Crippen molar-refractivity contribution in [2.75, 3.05) is 19.3 Å². The molecular weight excluding hydrogens is 256 g/mol. The fourth-order valence-corrected chi connectivity index (χ4v) is 1.58. The summed E-state index contributed by atoms with van der Waals surface area (Å²) in [5.41, 5.74) is 6.77. The number of carbonyl (C=O) groups is 2. The van der Waals surface area contributed by atoms with Crippen LogP contribution in [0, 0.1) is 0 Å². The number of hydrogen-bond acceptors (Lipinski definition) is 4. The van der Waals surface area contributed by atoms with Crippen molar-refractivity contribution in [2.24, 2.45) is 0 Å². The molecule has 6 nitrogen and oxygen atoms in total. The number of carbonyl (C=O) groups excluding carboxylic acids is 2. The molecular formula is C14H22N4O2. The van der Waals surface area contributed by atoms with Gasteiger partial charge >= 0.3 is 0 Å². The summed E-state index contributed by atoms with van der Waals surface area (Å²) in [6, 6.07) is 3.26. The lowest BCUT2D eigenvalue weighted by atomic mass is 9.90. The van der Waals surface area contributed by atoms with Gasteiger partial charge in [-0.15, -0.1) is 0 Å². The number of aromatic nitrogens is 1. The van der Waals surface area contributed by atoms with Crippen LogP contribution in [0.1, 0.15) is 43.2 Å². The van der Waals surface area contributed by atoms with E-state index < -0.39 is 0 Å². The highest BCUT2D eigenvalue weighted by molar-refractivity contribution is 5.95. The zero-order valence-electron chi connectivity index (χ0n) is 12.4. The molecule has 0 atom stereocenters. The van der Waals surface area contributed by atoms with Crippen LogP contribution >= 0.6 is 0 Å². The number of anilines is 1. The molecule has 0 aliphatic heterocycles. The summed E-state index contributed by atoms with van der Waals surface area (Å²) in [6.45, 7) is 6.29. The van der Waals surface area contributed by atoms with Crippen LogP contribution in [-0.2, 0) is 10.2 Å². The molecule has 0 radical (unpaired) electrons. The molecule has 0 aliphatic rings. The molecule has 1 aromatic rings. The van der Waals surface area contributed by atoms with Crippen molar-refractivity contribution in [1.29, 1.82) is 0 Å². The van der Waals surface area contributed by atoms with Crippen LogP contribution in [0.2, 0.25) is 0 Å². The van der Waals surface area contributed by atoms with E-state index in [-0.39, 0.29) is 30.2 Å².